The van der Waals surface area contributed by atoms with Crippen LogP contribution in [0.2, 0.25) is 0 Å². The third-order valence-electron chi connectivity index (χ3n) is 6.44. The summed E-state index contributed by atoms with van der Waals surface area (Å²) in [7, 11) is 1.68. The van der Waals surface area contributed by atoms with E-state index in [-0.39, 0.29) is 18.5 Å². The molecule has 1 aliphatic heterocycles. The molecule has 0 saturated carbocycles. The lowest BCUT2D eigenvalue weighted by atomic mass is 10.1. The first-order valence-corrected chi connectivity index (χ1v) is 12.4. The van der Waals surface area contributed by atoms with Crippen molar-refractivity contribution < 1.29 is 9.53 Å². The molecular weight excluding hydrogens is 462 g/mol. The number of ether oxygens (including phenoxy) is 1. The van der Waals surface area contributed by atoms with Crippen molar-refractivity contribution >= 4 is 44.3 Å². The van der Waals surface area contributed by atoms with E-state index in [9.17, 15) is 4.79 Å². The quantitative estimate of drug-likeness (QED) is 0.395. The monoisotopic (exact) mass is 487 g/mol. The van der Waals surface area contributed by atoms with Crippen LogP contribution in [0.15, 0.2) is 60.4 Å². The zero-order valence-electron chi connectivity index (χ0n) is 19.3. The molecule has 1 aliphatic rings. The van der Waals surface area contributed by atoms with Gasteiger partial charge in [-0.25, -0.2) is 15.0 Å². The highest BCUT2D eigenvalue weighted by Crippen LogP contribution is 2.34. The van der Waals surface area contributed by atoms with Gasteiger partial charge in [-0.2, -0.15) is 0 Å². The molecule has 1 fully saturated rings. The van der Waals surface area contributed by atoms with Crippen LogP contribution < -0.4 is 4.90 Å². The summed E-state index contributed by atoms with van der Waals surface area (Å²) in [6.45, 7) is 2.71. The molecular formula is C25H25N7O2S. The first-order chi connectivity index (χ1) is 17.2. The normalized spacial score (nSPS) is 16.4. The topological polar surface area (TPSA) is 92.2 Å². The number of aromatic amines is 1. The molecule has 0 bridgehead atoms. The van der Waals surface area contributed by atoms with E-state index >= 15 is 0 Å². The number of hydrogen-bond donors (Lipinski definition) is 1. The number of nitrogens with zero attached hydrogens (tertiary/aromatic N) is 6. The number of fused-ring (bicyclic) bond motifs is 2. The number of methoxy groups -OCH3 is 1. The molecule has 0 aliphatic carbocycles. The number of amides is 1. The van der Waals surface area contributed by atoms with Crippen LogP contribution in [0.3, 0.4) is 0 Å². The summed E-state index contributed by atoms with van der Waals surface area (Å²) in [5.74, 6) is 0.827. The third kappa shape index (κ3) is 4.04. The molecule has 6 rings (SSSR count). The molecule has 9 nitrogen and oxygen atoms in total. The van der Waals surface area contributed by atoms with E-state index < -0.39 is 0 Å². The van der Waals surface area contributed by atoms with E-state index in [0.29, 0.717) is 26.2 Å². The fraction of sp³-hybridized carbons (Fsp3) is 0.280. The van der Waals surface area contributed by atoms with Crippen LogP contribution in [0.25, 0.3) is 33.6 Å². The van der Waals surface area contributed by atoms with Crippen LogP contribution in [-0.2, 0) is 16.1 Å². The largest absolute Gasteiger partial charge is 0.382 e. The smallest absolute Gasteiger partial charge is 0.243 e. The third-order valence-corrected chi connectivity index (χ3v) is 7.33. The van der Waals surface area contributed by atoms with Crippen molar-refractivity contribution in [3.8, 4) is 11.5 Å². The van der Waals surface area contributed by atoms with E-state index in [0.717, 1.165) is 38.6 Å². The lowest BCUT2D eigenvalue weighted by Crippen LogP contribution is -2.57. The second-order valence-electron chi connectivity index (χ2n) is 8.61. The zero-order valence-corrected chi connectivity index (χ0v) is 20.1. The van der Waals surface area contributed by atoms with Crippen LogP contribution in [0, 0.1) is 0 Å². The summed E-state index contributed by atoms with van der Waals surface area (Å²) in [4.78, 5) is 34.8. The number of thiazole rings is 1. The predicted molar refractivity (Wildman–Crippen MR) is 137 cm³/mol. The predicted octanol–water partition coefficient (Wildman–Crippen LogP) is 3.40. The molecule has 1 saturated heterocycles. The highest BCUT2D eigenvalue weighted by atomic mass is 32.1. The average molecular weight is 488 g/mol. The minimum atomic E-state index is -0.0679. The van der Waals surface area contributed by atoms with Gasteiger partial charge in [0.15, 0.2) is 5.82 Å². The molecule has 5 heterocycles. The summed E-state index contributed by atoms with van der Waals surface area (Å²) in [6.07, 6.45) is 3.68. The van der Waals surface area contributed by atoms with Gasteiger partial charge in [0.25, 0.3) is 0 Å². The molecule has 1 N–H and O–H groups in total. The van der Waals surface area contributed by atoms with Gasteiger partial charge < -0.3 is 24.1 Å². The maximum absolute atomic E-state index is 13.4. The number of nitrogens with one attached hydrogen (secondary N) is 1. The molecule has 1 unspecified atom stereocenters. The van der Waals surface area contributed by atoms with Crippen LogP contribution >= 0.6 is 11.3 Å². The van der Waals surface area contributed by atoms with Gasteiger partial charge in [-0.05, 0) is 30.3 Å². The van der Waals surface area contributed by atoms with Gasteiger partial charge in [0.05, 0.1) is 29.2 Å². The number of pyridine rings is 1. The van der Waals surface area contributed by atoms with Crippen LogP contribution in [0.5, 0.6) is 0 Å². The van der Waals surface area contributed by atoms with Gasteiger partial charge in [-0.1, -0.05) is 12.1 Å². The summed E-state index contributed by atoms with van der Waals surface area (Å²) < 4.78 is 7.43. The van der Waals surface area contributed by atoms with Crippen molar-refractivity contribution in [2.45, 2.75) is 12.6 Å². The summed E-state index contributed by atoms with van der Waals surface area (Å²) >= 11 is 1.59. The minimum absolute atomic E-state index is 0.0664. The number of hydrogen-bond acceptors (Lipinski definition) is 7. The molecule has 1 amide bonds. The number of aromatic nitrogens is 5. The molecule has 10 heteroatoms. The number of piperazine rings is 1. The number of imidazole rings is 1. The summed E-state index contributed by atoms with van der Waals surface area (Å²) in [6, 6.07) is 13.8. The van der Waals surface area contributed by atoms with E-state index in [1.165, 1.54) is 0 Å². The zero-order chi connectivity index (χ0) is 23.8. The highest BCUT2D eigenvalue weighted by molar-refractivity contribution is 7.14. The standard InChI is InChI=1S/C25H25N7O2S/c1-34-15-18-13-31(25-22(27-16-35-25)23-28-19-6-2-3-7-20(19)29-23)11-12-32(18)21(33)14-30-10-8-17-5-4-9-26-24(17)30/h2-10,16,18H,11-15H2,1H3,(H,28,29). The Labute approximate surface area is 206 Å². The molecule has 1 atom stereocenters. The number of carbonyl (C=O) groups is 1. The second kappa shape index (κ2) is 9.12. The molecule has 178 valence electrons. The molecule has 4 aromatic heterocycles. The molecule has 35 heavy (non-hydrogen) atoms. The molecule has 1 aromatic carbocycles. The Morgan fingerprint density at radius 1 is 1.17 bits per heavy atom. The van der Waals surface area contributed by atoms with E-state index in [1.807, 2.05) is 63.6 Å². The van der Waals surface area contributed by atoms with Gasteiger partial charge in [-0.3, -0.25) is 4.79 Å². The van der Waals surface area contributed by atoms with Crippen molar-refractivity contribution in [3.05, 3.63) is 60.4 Å². The molecule has 5 aromatic rings. The SMILES string of the molecule is COCC1CN(c2scnc2-c2nc3ccccc3[nH]2)CCN1C(=O)Cn1ccc2cccnc21. The molecule has 0 spiro atoms. The van der Waals surface area contributed by atoms with Gasteiger partial charge in [0.1, 0.15) is 22.9 Å². The molecule has 0 radical (unpaired) electrons. The van der Waals surface area contributed by atoms with Crippen LogP contribution in [0.1, 0.15) is 0 Å². The van der Waals surface area contributed by atoms with Crippen molar-refractivity contribution in [3.63, 3.8) is 0 Å². The van der Waals surface area contributed by atoms with Gasteiger partial charge in [0.2, 0.25) is 5.91 Å². The van der Waals surface area contributed by atoms with Crippen molar-refractivity contribution in [2.75, 3.05) is 38.3 Å². The fourth-order valence-electron chi connectivity index (χ4n) is 4.78. The van der Waals surface area contributed by atoms with Crippen LogP contribution in [0.4, 0.5) is 5.00 Å². The average Bonchev–Trinajstić information content (AvgIpc) is 3.62. The lowest BCUT2D eigenvalue weighted by molar-refractivity contribution is -0.135. The Bertz CT molecular complexity index is 1460. The summed E-state index contributed by atoms with van der Waals surface area (Å²) in [5, 5.41) is 2.08. The van der Waals surface area contributed by atoms with Gasteiger partial charge in [-0.15, -0.1) is 11.3 Å². The summed E-state index contributed by atoms with van der Waals surface area (Å²) in [5.41, 5.74) is 5.42. The Morgan fingerprint density at radius 2 is 2.09 bits per heavy atom. The van der Waals surface area contributed by atoms with Gasteiger partial charge >= 0.3 is 0 Å². The lowest BCUT2D eigenvalue weighted by Gasteiger charge is -2.41. The number of carbonyl (C=O) groups excluding carboxylic acids is 1. The van der Waals surface area contributed by atoms with Crippen molar-refractivity contribution in [1.82, 2.24) is 29.4 Å². The minimum Gasteiger partial charge on any atom is -0.382 e. The number of rotatable bonds is 6. The fourth-order valence-corrected chi connectivity index (χ4v) is 5.61. The number of para-hydroxylation sites is 2. The van der Waals surface area contributed by atoms with Crippen LogP contribution in [-0.4, -0.2) is 74.7 Å². The Hall–Kier alpha value is -3.76. The van der Waals surface area contributed by atoms with E-state index in [1.54, 1.807) is 24.6 Å². The Morgan fingerprint density at radius 3 is 2.97 bits per heavy atom. The highest BCUT2D eigenvalue weighted by Gasteiger charge is 2.32. The van der Waals surface area contributed by atoms with Crippen molar-refractivity contribution in [1.29, 1.82) is 0 Å². The Balaban J connectivity index is 1.22. The maximum atomic E-state index is 13.4. The first kappa shape index (κ1) is 21.8. The number of benzene rings is 1. The maximum Gasteiger partial charge on any atom is 0.243 e. The van der Waals surface area contributed by atoms with Gasteiger partial charge in [0, 0.05) is 44.5 Å². The number of H-pyrrole nitrogens is 1. The Kier molecular flexibility index (Phi) is 5.67. The van der Waals surface area contributed by atoms with Crippen molar-refractivity contribution in [2.24, 2.45) is 0 Å². The number of anilines is 1. The second-order valence-corrected chi connectivity index (χ2v) is 9.44. The first-order valence-electron chi connectivity index (χ1n) is 11.5. The van der Waals surface area contributed by atoms with E-state index in [2.05, 4.69) is 19.9 Å². The van der Waals surface area contributed by atoms with E-state index in [4.69, 9.17) is 9.72 Å².